The van der Waals surface area contributed by atoms with Gasteiger partial charge in [0.1, 0.15) is 12.6 Å². The van der Waals surface area contributed by atoms with Crippen LogP contribution in [0.15, 0.2) is 60.7 Å². The van der Waals surface area contributed by atoms with E-state index in [0.29, 0.717) is 13.0 Å². The molecule has 0 aliphatic carbocycles. The summed E-state index contributed by atoms with van der Waals surface area (Å²) in [5.74, 6) is -0.278. The van der Waals surface area contributed by atoms with E-state index in [1.54, 1.807) is 7.11 Å². The summed E-state index contributed by atoms with van der Waals surface area (Å²) >= 11 is 0. The lowest BCUT2D eigenvalue weighted by Gasteiger charge is -2.21. The van der Waals surface area contributed by atoms with Crippen molar-refractivity contribution < 1.29 is 19.1 Å². The minimum Gasteiger partial charge on any atom is -0.445 e. The SMILES string of the molecule is COCC(C)NC(=O)[C@H](Cc1ccccc1)NC(=O)OCc1ccccc1. The number of carbonyl (C=O) groups excluding carboxylic acids is 2. The van der Waals surface area contributed by atoms with E-state index in [1.807, 2.05) is 67.6 Å². The van der Waals surface area contributed by atoms with E-state index >= 15 is 0 Å². The second-order valence-electron chi connectivity index (χ2n) is 6.31. The summed E-state index contributed by atoms with van der Waals surface area (Å²) in [5.41, 5.74) is 1.82. The molecule has 2 aromatic rings. The van der Waals surface area contributed by atoms with Crippen LogP contribution in [0.3, 0.4) is 0 Å². The Morgan fingerprint density at radius 3 is 2.11 bits per heavy atom. The highest BCUT2D eigenvalue weighted by molar-refractivity contribution is 5.86. The number of amides is 2. The van der Waals surface area contributed by atoms with Crippen molar-refractivity contribution in [1.29, 1.82) is 0 Å². The van der Waals surface area contributed by atoms with Crippen LogP contribution in [0.4, 0.5) is 4.79 Å². The molecule has 0 radical (unpaired) electrons. The number of methoxy groups -OCH3 is 1. The lowest BCUT2D eigenvalue weighted by molar-refractivity contribution is -0.124. The topological polar surface area (TPSA) is 76.7 Å². The van der Waals surface area contributed by atoms with Gasteiger partial charge >= 0.3 is 6.09 Å². The average molecular weight is 370 g/mol. The molecule has 144 valence electrons. The number of hydrogen-bond donors (Lipinski definition) is 2. The van der Waals surface area contributed by atoms with Crippen LogP contribution in [-0.2, 0) is 27.3 Å². The van der Waals surface area contributed by atoms with Crippen LogP contribution in [-0.4, -0.2) is 37.8 Å². The van der Waals surface area contributed by atoms with Gasteiger partial charge in [-0.05, 0) is 18.1 Å². The highest BCUT2D eigenvalue weighted by Gasteiger charge is 2.23. The van der Waals surface area contributed by atoms with Gasteiger partial charge < -0.3 is 20.1 Å². The Kier molecular flexibility index (Phi) is 8.32. The zero-order valence-corrected chi connectivity index (χ0v) is 15.7. The lowest BCUT2D eigenvalue weighted by atomic mass is 10.1. The molecule has 27 heavy (non-hydrogen) atoms. The predicted molar refractivity (Wildman–Crippen MR) is 103 cm³/mol. The van der Waals surface area contributed by atoms with Crippen LogP contribution in [0.5, 0.6) is 0 Å². The maximum Gasteiger partial charge on any atom is 0.408 e. The molecule has 2 aromatic carbocycles. The van der Waals surface area contributed by atoms with Gasteiger partial charge in [-0.1, -0.05) is 60.7 Å². The Balaban J connectivity index is 1.97. The molecule has 1 unspecified atom stereocenters. The minimum atomic E-state index is -0.741. The number of benzene rings is 2. The minimum absolute atomic E-state index is 0.145. The van der Waals surface area contributed by atoms with E-state index in [1.165, 1.54) is 0 Å². The maximum atomic E-state index is 12.6. The molecule has 2 rings (SSSR count). The van der Waals surface area contributed by atoms with Gasteiger partial charge in [-0.3, -0.25) is 4.79 Å². The van der Waals surface area contributed by atoms with Gasteiger partial charge in [-0.15, -0.1) is 0 Å². The van der Waals surface area contributed by atoms with E-state index in [4.69, 9.17) is 9.47 Å². The molecule has 6 nitrogen and oxygen atoms in total. The molecule has 0 spiro atoms. The summed E-state index contributed by atoms with van der Waals surface area (Å²) in [5, 5.41) is 5.52. The smallest absolute Gasteiger partial charge is 0.408 e. The third kappa shape index (κ3) is 7.50. The quantitative estimate of drug-likeness (QED) is 0.712. The summed E-state index contributed by atoms with van der Waals surface area (Å²) < 4.78 is 10.3. The molecule has 0 saturated heterocycles. The fourth-order valence-corrected chi connectivity index (χ4v) is 2.60. The van der Waals surface area contributed by atoms with Gasteiger partial charge in [0.2, 0.25) is 5.91 Å². The van der Waals surface area contributed by atoms with Crippen molar-refractivity contribution in [1.82, 2.24) is 10.6 Å². The Morgan fingerprint density at radius 1 is 0.926 bits per heavy atom. The Hall–Kier alpha value is -2.86. The van der Waals surface area contributed by atoms with E-state index in [-0.39, 0.29) is 18.6 Å². The Labute approximate surface area is 159 Å². The molecule has 0 saturated carbocycles. The molecule has 2 amide bonds. The zero-order valence-electron chi connectivity index (χ0n) is 15.7. The van der Waals surface area contributed by atoms with Crippen molar-refractivity contribution in [3.63, 3.8) is 0 Å². The second kappa shape index (κ2) is 11.0. The summed E-state index contributed by atoms with van der Waals surface area (Å²) in [6, 6.07) is 18.0. The molecule has 0 fully saturated rings. The zero-order chi connectivity index (χ0) is 19.5. The normalized spacial score (nSPS) is 12.7. The summed E-state index contributed by atoms with van der Waals surface area (Å²) in [4.78, 5) is 24.8. The summed E-state index contributed by atoms with van der Waals surface area (Å²) in [6.45, 7) is 2.38. The number of alkyl carbamates (subject to hydrolysis) is 1. The van der Waals surface area contributed by atoms with Crippen molar-refractivity contribution in [3.05, 3.63) is 71.8 Å². The predicted octanol–water partition coefficient (Wildman–Crippen LogP) is 2.68. The van der Waals surface area contributed by atoms with Gasteiger partial charge in [0.15, 0.2) is 0 Å². The number of carbonyl (C=O) groups is 2. The van der Waals surface area contributed by atoms with Crippen LogP contribution >= 0.6 is 0 Å². The van der Waals surface area contributed by atoms with E-state index < -0.39 is 12.1 Å². The molecule has 0 heterocycles. The second-order valence-corrected chi connectivity index (χ2v) is 6.31. The van der Waals surface area contributed by atoms with Crippen LogP contribution in [0.1, 0.15) is 18.1 Å². The number of ether oxygens (including phenoxy) is 2. The summed E-state index contributed by atoms with van der Waals surface area (Å²) in [7, 11) is 1.57. The largest absolute Gasteiger partial charge is 0.445 e. The highest BCUT2D eigenvalue weighted by Crippen LogP contribution is 2.06. The standard InChI is InChI=1S/C21H26N2O4/c1-16(14-26-2)22-20(24)19(13-17-9-5-3-6-10-17)23-21(25)27-15-18-11-7-4-8-12-18/h3-12,16,19H,13-15H2,1-2H3,(H,22,24)(H,23,25)/t16?,19-/m0/s1. The van der Waals surface area contributed by atoms with E-state index in [2.05, 4.69) is 10.6 Å². The monoisotopic (exact) mass is 370 g/mol. The first kappa shape index (κ1) is 20.5. The maximum absolute atomic E-state index is 12.6. The van der Waals surface area contributed by atoms with Gasteiger partial charge in [0, 0.05) is 19.6 Å². The van der Waals surface area contributed by atoms with Crippen LogP contribution < -0.4 is 10.6 Å². The first-order valence-corrected chi connectivity index (χ1v) is 8.89. The number of hydrogen-bond acceptors (Lipinski definition) is 4. The number of nitrogens with one attached hydrogen (secondary N) is 2. The molecule has 2 atom stereocenters. The third-order valence-electron chi connectivity index (χ3n) is 3.91. The molecule has 0 aliphatic heterocycles. The van der Waals surface area contributed by atoms with Crippen molar-refractivity contribution in [2.45, 2.75) is 32.0 Å². The average Bonchev–Trinajstić information content (AvgIpc) is 2.67. The molecular formula is C21H26N2O4. The summed E-state index contributed by atoms with van der Waals surface area (Å²) in [6.07, 6.45) is -0.262. The van der Waals surface area contributed by atoms with Crippen molar-refractivity contribution >= 4 is 12.0 Å². The number of rotatable bonds is 9. The van der Waals surface area contributed by atoms with Crippen LogP contribution in [0.25, 0.3) is 0 Å². The molecule has 0 aromatic heterocycles. The van der Waals surface area contributed by atoms with Gasteiger partial charge in [-0.2, -0.15) is 0 Å². The van der Waals surface area contributed by atoms with Crippen molar-refractivity contribution in [2.24, 2.45) is 0 Å². The lowest BCUT2D eigenvalue weighted by Crippen LogP contribution is -2.51. The molecule has 0 bridgehead atoms. The first-order valence-electron chi connectivity index (χ1n) is 8.89. The van der Waals surface area contributed by atoms with E-state index in [0.717, 1.165) is 11.1 Å². The van der Waals surface area contributed by atoms with Gasteiger partial charge in [0.25, 0.3) is 0 Å². The third-order valence-corrected chi connectivity index (χ3v) is 3.91. The molecule has 2 N–H and O–H groups in total. The van der Waals surface area contributed by atoms with Crippen LogP contribution in [0.2, 0.25) is 0 Å². The molecule has 0 aliphatic rings. The molecule has 6 heteroatoms. The Bertz CT molecular complexity index is 707. The van der Waals surface area contributed by atoms with Gasteiger partial charge in [-0.25, -0.2) is 4.79 Å². The Morgan fingerprint density at radius 2 is 1.52 bits per heavy atom. The van der Waals surface area contributed by atoms with Crippen molar-refractivity contribution in [2.75, 3.05) is 13.7 Å². The highest BCUT2D eigenvalue weighted by atomic mass is 16.5. The van der Waals surface area contributed by atoms with Crippen molar-refractivity contribution in [3.8, 4) is 0 Å². The van der Waals surface area contributed by atoms with Gasteiger partial charge in [0.05, 0.1) is 6.61 Å². The fraction of sp³-hybridized carbons (Fsp3) is 0.333. The molecular weight excluding hydrogens is 344 g/mol. The first-order chi connectivity index (χ1) is 13.1. The fourth-order valence-electron chi connectivity index (χ4n) is 2.60. The van der Waals surface area contributed by atoms with Crippen LogP contribution in [0, 0.1) is 0 Å². The van der Waals surface area contributed by atoms with E-state index in [9.17, 15) is 9.59 Å².